The molecule has 3 nitrogen and oxygen atoms in total. The summed E-state index contributed by atoms with van der Waals surface area (Å²) in [6.45, 7) is 1.59. The van der Waals surface area contributed by atoms with Crippen LogP contribution in [0.15, 0.2) is 6.07 Å². The predicted octanol–water partition coefficient (Wildman–Crippen LogP) is 2.86. The zero-order valence-corrected chi connectivity index (χ0v) is 10.9. The largest absolute Gasteiger partial charge is 0.496 e. The van der Waals surface area contributed by atoms with E-state index >= 15 is 0 Å². The number of ether oxygens (including phenoxy) is 1. The molecule has 0 heterocycles. The van der Waals surface area contributed by atoms with Crippen LogP contribution in [0.1, 0.15) is 11.1 Å². The van der Waals surface area contributed by atoms with Crippen LogP contribution in [0, 0.1) is 12.7 Å². The van der Waals surface area contributed by atoms with Crippen molar-refractivity contribution < 1.29 is 17.5 Å². The average molecular weight is 287 g/mol. The first-order valence-corrected chi connectivity index (χ1v) is 7.05. The highest BCUT2D eigenvalue weighted by molar-refractivity contribution is 8.13. The van der Waals surface area contributed by atoms with E-state index in [0.29, 0.717) is 5.56 Å². The highest BCUT2D eigenvalue weighted by Gasteiger charge is 2.20. The molecule has 0 radical (unpaired) electrons. The van der Waals surface area contributed by atoms with Crippen molar-refractivity contribution in [1.29, 1.82) is 0 Å². The number of hydrogen-bond donors (Lipinski definition) is 0. The van der Waals surface area contributed by atoms with E-state index in [1.54, 1.807) is 6.92 Å². The Morgan fingerprint density at radius 3 is 2.50 bits per heavy atom. The first kappa shape index (κ1) is 13.5. The van der Waals surface area contributed by atoms with Crippen LogP contribution in [0.4, 0.5) is 4.39 Å². The van der Waals surface area contributed by atoms with Crippen molar-refractivity contribution in [2.24, 2.45) is 0 Å². The molecule has 0 aliphatic heterocycles. The minimum absolute atomic E-state index is 0.0386. The summed E-state index contributed by atoms with van der Waals surface area (Å²) in [6, 6.07) is 1.17. The Kier molecular flexibility index (Phi) is 4.04. The van der Waals surface area contributed by atoms with Crippen LogP contribution < -0.4 is 4.74 Å². The molecule has 1 aromatic rings. The van der Waals surface area contributed by atoms with Crippen LogP contribution in [0.2, 0.25) is 5.02 Å². The van der Waals surface area contributed by atoms with E-state index in [4.69, 9.17) is 27.0 Å². The van der Waals surface area contributed by atoms with E-state index in [1.807, 2.05) is 0 Å². The molecule has 0 saturated carbocycles. The second-order valence-electron chi connectivity index (χ2n) is 3.18. The molecule has 0 saturated heterocycles. The maximum absolute atomic E-state index is 13.3. The molecule has 0 fully saturated rings. The monoisotopic (exact) mass is 286 g/mol. The highest BCUT2D eigenvalue weighted by atomic mass is 35.7. The number of rotatable bonds is 3. The molecule has 7 heteroatoms. The molecule has 90 valence electrons. The summed E-state index contributed by atoms with van der Waals surface area (Å²) in [6.07, 6.45) is 0. The Balaban J connectivity index is 3.45. The van der Waals surface area contributed by atoms with Gasteiger partial charge in [-0.05, 0) is 18.6 Å². The Morgan fingerprint density at radius 2 is 2.06 bits per heavy atom. The second kappa shape index (κ2) is 4.77. The van der Waals surface area contributed by atoms with Gasteiger partial charge in [-0.2, -0.15) is 0 Å². The van der Waals surface area contributed by atoms with Crippen LogP contribution in [0.3, 0.4) is 0 Å². The van der Waals surface area contributed by atoms with E-state index in [0.717, 1.165) is 0 Å². The molecule has 0 aliphatic carbocycles. The zero-order valence-electron chi connectivity index (χ0n) is 8.55. The van der Waals surface area contributed by atoms with E-state index < -0.39 is 20.6 Å². The topological polar surface area (TPSA) is 43.4 Å². The quantitative estimate of drug-likeness (QED) is 0.803. The molecule has 0 aliphatic rings. The molecule has 0 amide bonds. The Labute approximate surface area is 103 Å². The predicted molar refractivity (Wildman–Crippen MR) is 61.2 cm³/mol. The number of aryl methyl sites for hydroxylation is 1. The van der Waals surface area contributed by atoms with E-state index in [9.17, 15) is 12.8 Å². The van der Waals surface area contributed by atoms with Gasteiger partial charge in [0.1, 0.15) is 11.6 Å². The minimum Gasteiger partial charge on any atom is -0.496 e. The Hall–Kier alpha value is -0.520. The van der Waals surface area contributed by atoms with Gasteiger partial charge in [-0.25, -0.2) is 12.8 Å². The van der Waals surface area contributed by atoms with Crippen LogP contribution in [-0.2, 0) is 14.8 Å². The fourth-order valence-corrected chi connectivity index (χ4v) is 2.62. The first-order chi connectivity index (χ1) is 7.26. The Morgan fingerprint density at radius 1 is 1.50 bits per heavy atom. The smallest absolute Gasteiger partial charge is 0.236 e. The first-order valence-electron chi connectivity index (χ1n) is 4.20. The maximum atomic E-state index is 13.3. The standard InChI is InChI=1S/C9H9Cl2FO3S/c1-5-3-7(12)8(10)6(9(5)15-2)4-16(11,13)14/h3H,4H2,1-2H3. The van der Waals surface area contributed by atoms with Crippen LogP contribution in [0.25, 0.3) is 0 Å². The molecular formula is C9H9Cl2FO3S. The number of methoxy groups -OCH3 is 1. The van der Waals surface area contributed by atoms with Crippen molar-refractivity contribution in [3.05, 3.63) is 28.0 Å². The van der Waals surface area contributed by atoms with E-state index in [-0.39, 0.29) is 16.3 Å². The van der Waals surface area contributed by atoms with Gasteiger partial charge in [0.05, 0.1) is 17.9 Å². The SMILES string of the molecule is COc1c(C)cc(F)c(Cl)c1CS(=O)(=O)Cl. The van der Waals surface area contributed by atoms with Gasteiger partial charge in [0.2, 0.25) is 9.05 Å². The highest BCUT2D eigenvalue weighted by Crippen LogP contribution is 2.34. The maximum Gasteiger partial charge on any atom is 0.236 e. The molecule has 0 bridgehead atoms. The van der Waals surface area contributed by atoms with E-state index in [1.165, 1.54) is 13.2 Å². The minimum atomic E-state index is -3.82. The van der Waals surface area contributed by atoms with Crippen LogP contribution in [-0.4, -0.2) is 15.5 Å². The van der Waals surface area contributed by atoms with E-state index in [2.05, 4.69) is 0 Å². The molecule has 1 rings (SSSR count). The molecule has 16 heavy (non-hydrogen) atoms. The summed E-state index contributed by atoms with van der Waals surface area (Å²) in [4.78, 5) is 0. The summed E-state index contributed by atoms with van der Waals surface area (Å²) in [5, 5.41) is -0.285. The number of benzene rings is 1. The van der Waals surface area contributed by atoms with Crippen LogP contribution in [0.5, 0.6) is 5.75 Å². The summed E-state index contributed by atoms with van der Waals surface area (Å²) < 4.78 is 40.2. The van der Waals surface area contributed by atoms with Crippen LogP contribution >= 0.6 is 22.3 Å². The fourth-order valence-electron chi connectivity index (χ4n) is 1.39. The molecular weight excluding hydrogens is 278 g/mol. The van der Waals surface area contributed by atoms with Gasteiger partial charge in [-0.3, -0.25) is 0 Å². The lowest BCUT2D eigenvalue weighted by Gasteiger charge is -2.12. The summed E-state index contributed by atoms with van der Waals surface area (Å²) >= 11 is 5.68. The van der Waals surface area contributed by atoms with Crippen molar-refractivity contribution in [3.63, 3.8) is 0 Å². The molecule has 0 atom stereocenters. The molecule has 0 unspecified atom stereocenters. The number of hydrogen-bond acceptors (Lipinski definition) is 3. The van der Waals surface area contributed by atoms with Crippen molar-refractivity contribution in [1.82, 2.24) is 0 Å². The fraction of sp³-hybridized carbons (Fsp3) is 0.333. The summed E-state index contributed by atoms with van der Waals surface area (Å²) in [7, 11) is 2.63. The third-order valence-corrected chi connectivity index (χ3v) is 3.34. The van der Waals surface area contributed by atoms with Gasteiger partial charge in [0.25, 0.3) is 0 Å². The van der Waals surface area contributed by atoms with Gasteiger partial charge < -0.3 is 4.74 Å². The van der Waals surface area contributed by atoms with Gasteiger partial charge in [0.15, 0.2) is 0 Å². The summed E-state index contributed by atoms with van der Waals surface area (Å²) in [5.41, 5.74) is 0.497. The van der Waals surface area contributed by atoms with Crippen molar-refractivity contribution >= 4 is 31.3 Å². The summed E-state index contributed by atoms with van der Waals surface area (Å²) in [5.74, 6) is -1.04. The lowest BCUT2D eigenvalue weighted by Crippen LogP contribution is -2.03. The molecule has 0 aromatic heterocycles. The van der Waals surface area contributed by atoms with Gasteiger partial charge >= 0.3 is 0 Å². The normalized spacial score (nSPS) is 11.6. The van der Waals surface area contributed by atoms with Gasteiger partial charge in [0, 0.05) is 16.2 Å². The Bertz CT molecular complexity index is 514. The van der Waals surface area contributed by atoms with Gasteiger partial charge in [-0.1, -0.05) is 11.6 Å². The lowest BCUT2D eigenvalue weighted by atomic mass is 10.1. The third kappa shape index (κ3) is 2.99. The van der Waals surface area contributed by atoms with Crippen molar-refractivity contribution in [2.45, 2.75) is 12.7 Å². The second-order valence-corrected chi connectivity index (χ2v) is 6.34. The average Bonchev–Trinajstić information content (AvgIpc) is 2.12. The molecule has 0 N–H and O–H groups in total. The molecule has 1 aromatic carbocycles. The molecule has 0 spiro atoms. The van der Waals surface area contributed by atoms with Crippen molar-refractivity contribution in [2.75, 3.05) is 7.11 Å². The lowest BCUT2D eigenvalue weighted by molar-refractivity contribution is 0.406. The van der Waals surface area contributed by atoms with Gasteiger partial charge in [-0.15, -0.1) is 0 Å². The van der Waals surface area contributed by atoms with Crippen molar-refractivity contribution in [3.8, 4) is 5.75 Å². The third-order valence-electron chi connectivity index (χ3n) is 1.97. The zero-order chi connectivity index (χ0) is 12.5. The number of halogens is 3.